The van der Waals surface area contributed by atoms with Gasteiger partial charge in [-0.2, -0.15) is 0 Å². The number of rotatable bonds is 5. The van der Waals surface area contributed by atoms with Gasteiger partial charge in [0, 0.05) is 35.1 Å². The summed E-state index contributed by atoms with van der Waals surface area (Å²) < 4.78 is 0. The number of carbonyl (C=O) groups excluding carboxylic acids is 1. The van der Waals surface area contributed by atoms with Crippen molar-refractivity contribution < 1.29 is 4.79 Å². The van der Waals surface area contributed by atoms with Gasteiger partial charge in [-0.15, -0.1) is 11.3 Å². The zero-order valence-electron chi connectivity index (χ0n) is 15.6. The van der Waals surface area contributed by atoms with E-state index in [2.05, 4.69) is 24.1 Å². The SMILES string of the molecule is Cc1cc(C(=O)N2CCC(C)CC2)ccc1NCc1scnc1C1CC1. The molecular weight excluding hydrogens is 342 g/mol. The first-order valence-electron chi connectivity index (χ1n) is 9.68. The van der Waals surface area contributed by atoms with Gasteiger partial charge in [0.15, 0.2) is 0 Å². The molecule has 0 radical (unpaired) electrons. The molecule has 2 aromatic rings. The first-order valence-corrected chi connectivity index (χ1v) is 10.6. The molecule has 26 heavy (non-hydrogen) atoms. The molecule has 1 aliphatic heterocycles. The molecule has 138 valence electrons. The highest BCUT2D eigenvalue weighted by atomic mass is 32.1. The Hall–Kier alpha value is -1.88. The van der Waals surface area contributed by atoms with Crippen LogP contribution in [0.25, 0.3) is 0 Å². The van der Waals surface area contributed by atoms with Crippen LogP contribution in [0.2, 0.25) is 0 Å². The fourth-order valence-corrected chi connectivity index (χ4v) is 4.46. The topological polar surface area (TPSA) is 45.2 Å². The smallest absolute Gasteiger partial charge is 0.253 e. The monoisotopic (exact) mass is 369 g/mol. The Morgan fingerprint density at radius 3 is 2.73 bits per heavy atom. The van der Waals surface area contributed by atoms with E-state index in [0.717, 1.165) is 55.2 Å². The third-order valence-corrected chi connectivity index (χ3v) is 6.47. The molecule has 1 saturated heterocycles. The third kappa shape index (κ3) is 3.78. The van der Waals surface area contributed by atoms with E-state index in [-0.39, 0.29) is 5.91 Å². The van der Waals surface area contributed by atoms with Crippen molar-refractivity contribution in [2.45, 2.75) is 52.0 Å². The Balaban J connectivity index is 1.41. The number of piperidine rings is 1. The van der Waals surface area contributed by atoms with Crippen molar-refractivity contribution in [3.05, 3.63) is 45.4 Å². The maximum Gasteiger partial charge on any atom is 0.253 e. The molecule has 2 aliphatic rings. The minimum absolute atomic E-state index is 0.171. The lowest BCUT2D eigenvalue weighted by molar-refractivity contribution is 0.0697. The molecule has 2 heterocycles. The Labute approximate surface area is 159 Å². The van der Waals surface area contributed by atoms with E-state index in [4.69, 9.17) is 0 Å². The summed E-state index contributed by atoms with van der Waals surface area (Å²) in [5.74, 6) is 1.59. The minimum atomic E-state index is 0.171. The molecule has 1 aliphatic carbocycles. The normalized spacial score (nSPS) is 18.2. The van der Waals surface area contributed by atoms with Crippen LogP contribution in [0.5, 0.6) is 0 Å². The van der Waals surface area contributed by atoms with E-state index in [0.29, 0.717) is 5.92 Å². The highest BCUT2D eigenvalue weighted by Gasteiger charge is 2.28. The summed E-state index contributed by atoms with van der Waals surface area (Å²) in [6.45, 7) is 6.92. The zero-order chi connectivity index (χ0) is 18.1. The average molecular weight is 370 g/mol. The number of likely N-dealkylation sites (tertiary alicyclic amines) is 1. The molecule has 5 heteroatoms. The van der Waals surface area contributed by atoms with Gasteiger partial charge in [0.2, 0.25) is 0 Å². The van der Waals surface area contributed by atoms with Crippen molar-refractivity contribution in [1.82, 2.24) is 9.88 Å². The number of aromatic nitrogens is 1. The second kappa shape index (κ2) is 7.39. The van der Waals surface area contributed by atoms with Gasteiger partial charge in [-0.3, -0.25) is 4.79 Å². The van der Waals surface area contributed by atoms with Gasteiger partial charge in [0.1, 0.15) is 0 Å². The quantitative estimate of drug-likeness (QED) is 0.822. The molecule has 1 aromatic carbocycles. The number of benzene rings is 1. The predicted octanol–water partition coefficient (Wildman–Crippen LogP) is 4.81. The molecular formula is C21H27N3OS. The number of aryl methyl sites for hydroxylation is 1. The highest BCUT2D eigenvalue weighted by molar-refractivity contribution is 7.09. The van der Waals surface area contributed by atoms with Crippen LogP contribution in [0.3, 0.4) is 0 Å². The van der Waals surface area contributed by atoms with Gasteiger partial charge in [-0.05, 0) is 62.3 Å². The van der Waals surface area contributed by atoms with E-state index < -0.39 is 0 Å². The first-order chi connectivity index (χ1) is 12.6. The van der Waals surface area contributed by atoms with Gasteiger partial charge >= 0.3 is 0 Å². The molecule has 0 bridgehead atoms. The Bertz CT molecular complexity index is 788. The standard InChI is InChI=1S/C21H27N3OS/c1-14-7-9-24(10-8-14)21(25)17-5-6-18(15(2)11-17)22-12-19-20(16-3-4-16)23-13-26-19/h5-6,11,13-14,16,22H,3-4,7-10,12H2,1-2H3. The second-order valence-electron chi connectivity index (χ2n) is 7.79. The van der Waals surface area contributed by atoms with Crippen molar-refractivity contribution in [2.24, 2.45) is 5.92 Å². The number of nitrogens with one attached hydrogen (secondary N) is 1. The van der Waals surface area contributed by atoms with Crippen LogP contribution in [0.1, 0.15) is 65.0 Å². The largest absolute Gasteiger partial charge is 0.380 e. The number of amides is 1. The van der Waals surface area contributed by atoms with Gasteiger partial charge < -0.3 is 10.2 Å². The lowest BCUT2D eigenvalue weighted by Crippen LogP contribution is -2.37. The fourth-order valence-electron chi connectivity index (χ4n) is 3.67. The summed E-state index contributed by atoms with van der Waals surface area (Å²) in [4.78, 5) is 20.6. The Morgan fingerprint density at radius 1 is 1.27 bits per heavy atom. The molecule has 1 amide bonds. The average Bonchev–Trinajstić information content (AvgIpc) is 3.39. The summed E-state index contributed by atoms with van der Waals surface area (Å²) in [7, 11) is 0. The molecule has 4 rings (SSSR count). The number of thiazole rings is 1. The van der Waals surface area contributed by atoms with Crippen molar-refractivity contribution >= 4 is 22.9 Å². The van der Waals surface area contributed by atoms with Crippen LogP contribution in [-0.2, 0) is 6.54 Å². The molecule has 1 aromatic heterocycles. The minimum Gasteiger partial charge on any atom is -0.380 e. The molecule has 4 nitrogen and oxygen atoms in total. The van der Waals surface area contributed by atoms with Crippen LogP contribution >= 0.6 is 11.3 Å². The number of hydrogen-bond acceptors (Lipinski definition) is 4. The predicted molar refractivity (Wildman–Crippen MR) is 107 cm³/mol. The van der Waals surface area contributed by atoms with E-state index >= 15 is 0 Å². The summed E-state index contributed by atoms with van der Waals surface area (Å²) in [6, 6.07) is 6.04. The Morgan fingerprint density at radius 2 is 2.04 bits per heavy atom. The molecule has 2 fully saturated rings. The Kier molecular flexibility index (Phi) is 4.98. The number of hydrogen-bond donors (Lipinski definition) is 1. The summed E-state index contributed by atoms with van der Waals surface area (Å²) in [5.41, 5.74) is 6.27. The van der Waals surface area contributed by atoms with Gasteiger partial charge in [-0.1, -0.05) is 6.92 Å². The molecule has 0 unspecified atom stereocenters. The van der Waals surface area contributed by atoms with E-state index in [1.54, 1.807) is 11.3 Å². The molecule has 1 saturated carbocycles. The lowest BCUT2D eigenvalue weighted by atomic mass is 9.98. The van der Waals surface area contributed by atoms with Crippen LogP contribution in [0.4, 0.5) is 5.69 Å². The molecule has 1 N–H and O–H groups in total. The second-order valence-corrected chi connectivity index (χ2v) is 8.73. The van der Waals surface area contributed by atoms with Crippen molar-refractivity contribution in [2.75, 3.05) is 18.4 Å². The van der Waals surface area contributed by atoms with Gasteiger partial charge in [-0.25, -0.2) is 4.98 Å². The third-order valence-electron chi connectivity index (χ3n) is 5.62. The van der Waals surface area contributed by atoms with Crippen molar-refractivity contribution in [3.8, 4) is 0 Å². The van der Waals surface area contributed by atoms with E-state index in [1.165, 1.54) is 23.4 Å². The molecule has 0 atom stereocenters. The van der Waals surface area contributed by atoms with Crippen LogP contribution in [0.15, 0.2) is 23.7 Å². The van der Waals surface area contributed by atoms with Crippen molar-refractivity contribution in [3.63, 3.8) is 0 Å². The number of anilines is 1. The number of nitrogens with zero attached hydrogens (tertiary/aromatic N) is 2. The summed E-state index contributed by atoms with van der Waals surface area (Å²) >= 11 is 1.74. The maximum atomic E-state index is 12.7. The summed E-state index contributed by atoms with van der Waals surface area (Å²) in [5, 5.41) is 3.54. The van der Waals surface area contributed by atoms with Crippen LogP contribution in [0, 0.1) is 12.8 Å². The van der Waals surface area contributed by atoms with Crippen LogP contribution in [-0.4, -0.2) is 28.9 Å². The van der Waals surface area contributed by atoms with Gasteiger partial charge in [0.05, 0.1) is 17.7 Å². The maximum absolute atomic E-state index is 12.7. The highest BCUT2D eigenvalue weighted by Crippen LogP contribution is 2.42. The first kappa shape index (κ1) is 17.5. The lowest BCUT2D eigenvalue weighted by Gasteiger charge is -2.30. The fraction of sp³-hybridized carbons (Fsp3) is 0.524. The number of carbonyl (C=O) groups is 1. The van der Waals surface area contributed by atoms with Crippen LogP contribution < -0.4 is 5.32 Å². The van der Waals surface area contributed by atoms with E-state index in [9.17, 15) is 4.79 Å². The zero-order valence-corrected chi connectivity index (χ0v) is 16.4. The van der Waals surface area contributed by atoms with Crippen molar-refractivity contribution in [1.29, 1.82) is 0 Å². The van der Waals surface area contributed by atoms with Gasteiger partial charge in [0.25, 0.3) is 5.91 Å². The summed E-state index contributed by atoms with van der Waals surface area (Å²) in [6.07, 6.45) is 4.79. The van der Waals surface area contributed by atoms with E-state index in [1.807, 2.05) is 28.6 Å². The molecule has 0 spiro atoms.